The van der Waals surface area contributed by atoms with E-state index in [1.807, 2.05) is 31.2 Å². The zero-order chi connectivity index (χ0) is 20.6. The first kappa shape index (κ1) is 20.8. The number of hydrogen-bond acceptors (Lipinski definition) is 5. The summed E-state index contributed by atoms with van der Waals surface area (Å²) in [5.74, 6) is -0.156. The quantitative estimate of drug-likeness (QED) is 0.577. The fraction of sp³-hybridized carbons (Fsp3) is 0.227. The van der Waals surface area contributed by atoms with Crippen LogP contribution in [0.5, 0.6) is 0 Å². The Hall–Kier alpha value is -2.90. The standard InChI is InChI=1S/C22H23N3O3S/c1-16-4-10-19(11-5-16)29-20-12-13-21(26)25(24-20)18-8-6-17(7-9-18)22(27)23-14-3-15-28-2/h4-13H,3,14-15H2,1-2H3,(H,23,27). The van der Waals surface area contributed by atoms with Gasteiger partial charge in [-0.2, -0.15) is 9.78 Å². The third-order valence-corrected chi connectivity index (χ3v) is 5.14. The smallest absolute Gasteiger partial charge is 0.271 e. The summed E-state index contributed by atoms with van der Waals surface area (Å²) in [5, 5.41) is 8.01. The lowest BCUT2D eigenvalue weighted by Crippen LogP contribution is -2.25. The molecule has 3 aromatic rings. The summed E-state index contributed by atoms with van der Waals surface area (Å²) in [5.41, 5.74) is 2.10. The summed E-state index contributed by atoms with van der Waals surface area (Å²) in [6.07, 6.45) is 0.755. The Bertz CT molecular complexity index is 1010. The number of ether oxygens (including phenoxy) is 1. The van der Waals surface area contributed by atoms with Crippen LogP contribution in [0, 0.1) is 6.92 Å². The van der Waals surface area contributed by atoms with Gasteiger partial charge in [-0.15, -0.1) is 0 Å². The molecule has 1 N–H and O–H groups in total. The molecule has 0 saturated carbocycles. The molecule has 0 fully saturated rings. The maximum Gasteiger partial charge on any atom is 0.271 e. The van der Waals surface area contributed by atoms with Crippen molar-refractivity contribution < 1.29 is 9.53 Å². The Morgan fingerprint density at radius 1 is 1.07 bits per heavy atom. The van der Waals surface area contributed by atoms with Gasteiger partial charge in [0.25, 0.3) is 11.5 Å². The fourth-order valence-corrected chi connectivity index (χ4v) is 3.41. The van der Waals surface area contributed by atoms with Crippen LogP contribution in [0.2, 0.25) is 0 Å². The molecule has 1 aromatic heterocycles. The molecule has 29 heavy (non-hydrogen) atoms. The number of carbonyl (C=O) groups excluding carboxylic acids is 1. The van der Waals surface area contributed by atoms with E-state index >= 15 is 0 Å². The Morgan fingerprint density at radius 3 is 2.48 bits per heavy atom. The molecular weight excluding hydrogens is 386 g/mol. The average Bonchev–Trinajstić information content (AvgIpc) is 2.74. The number of rotatable bonds is 8. The maximum absolute atomic E-state index is 12.3. The lowest BCUT2D eigenvalue weighted by molar-refractivity contribution is 0.0948. The number of carbonyl (C=O) groups is 1. The first-order chi connectivity index (χ1) is 14.1. The molecule has 0 atom stereocenters. The van der Waals surface area contributed by atoms with Crippen molar-refractivity contribution in [2.24, 2.45) is 0 Å². The lowest BCUT2D eigenvalue weighted by atomic mass is 10.2. The number of aromatic nitrogens is 2. The molecule has 0 saturated heterocycles. The number of nitrogens with zero attached hydrogens (tertiary/aromatic N) is 2. The molecule has 0 unspecified atom stereocenters. The second-order valence-electron chi connectivity index (χ2n) is 6.49. The second kappa shape index (κ2) is 10.0. The number of hydrogen-bond donors (Lipinski definition) is 1. The minimum Gasteiger partial charge on any atom is -0.385 e. The van der Waals surface area contributed by atoms with E-state index in [0.717, 1.165) is 11.3 Å². The summed E-state index contributed by atoms with van der Waals surface area (Å²) >= 11 is 1.49. The van der Waals surface area contributed by atoms with Crippen LogP contribution in [0.15, 0.2) is 75.4 Å². The van der Waals surface area contributed by atoms with Crippen molar-refractivity contribution in [3.63, 3.8) is 0 Å². The van der Waals surface area contributed by atoms with Crippen LogP contribution in [0.1, 0.15) is 22.3 Å². The van der Waals surface area contributed by atoms with Gasteiger partial charge in [-0.3, -0.25) is 9.59 Å². The summed E-state index contributed by atoms with van der Waals surface area (Å²) in [6.45, 7) is 3.19. The van der Waals surface area contributed by atoms with E-state index < -0.39 is 0 Å². The lowest BCUT2D eigenvalue weighted by Gasteiger charge is -2.09. The van der Waals surface area contributed by atoms with Crippen LogP contribution in [0.4, 0.5) is 0 Å². The van der Waals surface area contributed by atoms with Crippen molar-refractivity contribution in [1.82, 2.24) is 15.1 Å². The van der Waals surface area contributed by atoms with Gasteiger partial charge < -0.3 is 10.1 Å². The summed E-state index contributed by atoms with van der Waals surface area (Å²) in [7, 11) is 1.63. The van der Waals surface area contributed by atoms with Crippen molar-refractivity contribution in [2.75, 3.05) is 20.3 Å². The monoisotopic (exact) mass is 409 g/mol. The average molecular weight is 410 g/mol. The Balaban J connectivity index is 1.73. The van der Waals surface area contributed by atoms with Crippen LogP contribution >= 0.6 is 11.8 Å². The molecule has 6 nitrogen and oxygen atoms in total. The molecule has 3 rings (SSSR count). The van der Waals surface area contributed by atoms with E-state index in [4.69, 9.17) is 4.74 Å². The normalized spacial score (nSPS) is 10.7. The van der Waals surface area contributed by atoms with E-state index in [1.54, 1.807) is 37.4 Å². The van der Waals surface area contributed by atoms with Crippen LogP contribution in [0.25, 0.3) is 5.69 Å². The highest BCUT2D eigenvalue weighted by Gasteiger charge is 2.08. The van der Waals surface area contributed by atoms with Gasteiger partial charge in [0.05, 0.1) is 5.69 Å². The number of methoxy groups -OCH3 is 1. The predicted octanol–water partition coefficient (Wildman–Crippen LogP) is 3.46. The molecule has 2 aromatic carbocycles. The van der Waals surface area contributed by atoms with Gasteiger partial charge in [0.1, 0.15) is 5.03 Å². The van der Waals surface area contributed by atoms with Gasteiger partial charge in [0.2, 0.25) is 0 Å². The number of amides is 1. The van der Waals surface area contributed by atoms with Crippen LogP contribution < -0.4 is 10.9 Å². The van der Waals surface area contributed by atoms with Crippen molar-refractivity contribution in [1.29, 1.82) is 0 Å². The van der Waals surface area contributed by atoms with Crippen LogP contribution in [-0.4, -0.2) is 35.9 Å². The molecule has 1 heterocycles. The largest absolute Gasteiger partial charge is 0.385 e. The molecule has 7 heteroatoms. The van der Waals surface area contributed by atoms with E-state index in [2.05, 4.69) is 10.4 Å². The molecule has 0 spiro atoms. The van der Waals surface area contributed by atoms with Gasteiger partial charge >= 0.3 is 0 Å². The molecule has 0 bridgehead atoms. The Labute approximate surface area is 173 Å². The van der Waals surface area contributed by atoms with Gasteiger partial charge in [0, 0.05) is 36.8 Å². The SMILES string of the molecule is COCCCNC(=O)c1ccc(-n2nc(Sc3ccc(C)cc3)ccc2=O)cc1. The zero-order valence-corrected chi connectivity index (χ0v) is 17.2. The van der Waals surface area contributed by atoms with Gasteiger partial charge in [0.15, 0.2) is 0 Å². The summed E-state index contributed by atoms with van der Waals surface area (Å²) in [4.78, 5) is 25.5. The van der Waals surface area contributed by atoms with E-state index in [1.165, 1.54) is 28.1 Å². The molecule has 0 aliphatic heterocycles. The Morgan fingerprint density at radius 2 is 1.79 bits per heavy atom. The van der Waals surface area contributed by atoms with Crippen molar-refractivity contribution in [3.05, 3.63) is 82.1 Å². The highest BCUT2D eigenvalue weighted by molar-refractivity contribution is 7.99. The van der Waals surface area contributed by atoms with Gasteiger partial charge in [-0.25, -0.2) is 0 Å². The molecular formula is C22H23N3O3S. The molecule has 0 radical (unpaired) electrons. The topological polar surface area (TPSA) is 73.2 Å². The highest BCUT2D eigenvalue weighted by Crippen LogP contribution is 2.25. The molecule has 1 amide bonds. The third kappa shape index (κ3) is 5.79. The number of nitrogens with one attached hydrogen (secondary N) is 1. The van der Waals surface area contributed by atoms with E-state index in [-0.39, 0.29) is 11.5 Å². The molecule has 0 aliphatic rings. The first-order valence-corrected chi connectivity index (χ1v) is 10.1. The van der Waals surface area contributed by atoms with Crippen LogP contribution in [0.3, 0.4) is 0 Å². The van der Waals surface area contributed by atoms with E-state index in [9.17, 15) is 9.59 Å². The van der Waals surface area contributed by atoms with Crippen LogP contribution in [-0.2, 0) is 4.74 Å². The van der Waals surface area contributed by atoms with Crippen molar-refractivity contribution >= 4 is 17.7 Å². The molecule has 0 aliphatic carbocycles. The van der Waals surface area contributed by atoms with Crippen molar-refractivity contribution in [3.8, 4) is 5.69 Å². The van der Waals surface area contributed by atoms with Gasteiger partial charge in [-0.1, -0.05) is 29.5 Å². The first-order valence-electron chi connectivity index (χ1n) is 9.29. The fourth-order valence-electron chi connectivity index (χ4n) is 2.64. The summed E-state index contributed by atoms with van der Waals surface area (Å²) in [6, 6.07) is 18.2. The van der Waals surface area contributed by atoms with Gasteiger partial charge in [-0.05, 0) is 55.8 Å². The van der Waals surface area contributed by atoms with E-state index in [0.29, 0.717) is 29.4 Å². The number of benzene rings is 2. The predicted molar refractivity (Wildman–Crippen MR) is 114 cm³/mol. The third-order valence-electron chi connectivity index (χ3n) is 4.20. The number of aryl methyl sites for hydroxylation is 1. The molecule has 150 valence electrons. The minimum atomic E-state index is -0.227. The Kier molecular flexibility index (Phi) is 7.21. The summed E-state index contributed by atoms with van der Waals surface area (Å²) < 4.78 is 6.31. The highest BCUT2D eigenvalue weighted by atomic mass is 32.2. The van der Waals surface area contributed by atoms with Crippen molar-refractivity contribution in [2.45, 2.75) is 23.3 Å². The maximum atomic E-state index is 12.3. The second-order valence-corrected chi connectivity index (χ2v) is 7.58. The minimum absolute atomic E-state index is 0.156. The zero-order valence-electron chi connectivity index (χ0n) is 16.4.